The smallest absolute Gasteiger partial charge is 0.0964 e. The van der Waals surface area contributed by atoms with E-state index in [1.165, 1.54) is 0 Å². The Labute approximate surface area is 108 Å². The maximum atomic E-state index is 9.24. The van der Waals surface area contributed by atoms with Gasteiger partial charge in [-0.05, 0) is 18.8 Å². The lowest BCUT2D eigenvalue weighted by Crippen LogP contribution is -2.33. The maximum Gasteiger partial charge on any atom is 0.0964 e. The largest absolute Gasteiger partial charge is 0.396 e. The molecular weight excluding hydrogens is 232 g/mol. The zero-order valence-electron chi connectivity index (χ0n) is 11.2. The highest BCUT2D eigenvalue weighted by Gasteiger charge is 2.10. The number of nitrogens with zero attached hydrogens (tertiary/aromatic N) is 3. The van der Waals surface area contributed by atoms with Crippen LogP contribution in [0.5, 0.6) is 0 Å². The summed E-state index contributed by atoms with van der Waals surface area (Å²) in [6.07, 6.45) is 3.49. The molecule has 1 aromatic heterocycles. The summed E-state index contributed by atoms with van der Waals surface area (Å²) >= 11 is 0. The summed E-state index contributed by atoms with van der Waals surface area (Å²) in [5.41, 5.74) is 0.857. The predicted octanol–water partition coefficient (Wildman–Crippen LogP) is 0.157. The van der Waals surface area contributed by atoms with Gasteiger partial charge in [0.25, 0.3) is 0 Å². The van der Waals surface area contributed by atoms with E-state index in [1.807, 2.05) is 6.20 Å². The molecule has 0 bridgehead atoms. The second kappa shape index (κ2) is 8.18. The van der Waals surface area contributed by atoms with E-state index in [0.717, 1.165) is 12.1 Å². The van der Waals surface area contributed by atoms with E-state index in [-0.39, 0.29) is 19.3 Å². The second-order valence-corrected chi connectivity index (χ2v) is 4.94. The van der Waals surface area contributed by atoms with Gasteiger partial charge in [0.1, 0.15) is 0 Å². The molecule has 18 heavy (non-hydrogen) atoms. The molecule has 3 N–H and O–H groups in total. The maximum absolute atomic E-state index is 9.24. The van der Waals surface area contributed by atoms with E-state index in [0.29, 0.717) is 25.4 Å². The van der Waals surface area contributed by atoms with Crippen LogP contribution in [-0.2, 0) is 13.1 Å². The van der Waals surface area contributed by atoms with E-state index in [1.54, 1.807) is 4.68 Å². The molecule has 104 valence electrons. The van der Waals surface area contributed by atoms with Crippen molar-refractivity contribution in [2.75, 3.05) is 13.2 Å². The summed E-state index contributed by atoms with van der Waals surface area (Å²) in [7, 11) is 0. The summed E-state index contributed by atoms with van der Waals surface area (Å²) in [4.78, 5) is 0. The quantitative estimate of drug-likeness (QED) is 0.586. The first-order valence-electron chi connectivity index (χ1n) is 6.49. The first-order chi connectivity index (χ1) is 8.65. The van der Waals surface area contributed by atoms with Crippen molar-refractivity contribution in [3.05, 3.63) is 11.9 Å². The monoisotopic (exact) mass is 256 g/mol. The molecule has 1 heterocycles. The van der Waals surface area contributed by atoms with Gasteiger partial charge >= 0.3 is 0 Å². The van der Waals surface area contributed by atoms with Crippen molar-refractivity contribution in [3.8, 4) is 0 Å². The minimum Gasteiger partial charge on any atom is -0.396 e. The molecule has 0 saturated carbocycles. The lowest BCUT2D eigenvalue weighted by molar-refractivity contribution is 0.223. The van der Waals surface area contributed by atoms with Crippen molar-refractivity contribution in [2.45, 2.75) is 45.8 Å². The van der Waals surface area contributed by atoms with Crippen LogP contribution in [0.15, 0.2) is 6.20 Å². The molecule has 0 aliphatic heterocycles. The number of rotatable bonds is 9. The molecule has 1 atom stereocenters. The molecule has 6 nitrogen and oxygen atoms in total. The SMILES string of the molecule is CC(C)CC(CO)NCc1cn(CCCO)nn1. The van der Waals surface area contributed by atoms with Crippen molar-refractivity contribution in [1.29, 1.82) is 0 Å². The number of hydrogen-bond acceptors (Lipinski definition) is 5. The molecular formula is C12H24N4O2. The van der Waals surface area contributed by atoms with Crippen molar-refractivity contribution < 1.29 is 10.2 Å². The molecule has 0 radical (unpaired) electrons. The average Bonchev–Trinajstić information content (AvgIpc) is 2.79. The summed E-state index contributed by atoms with van der Waals surface area (Å²) in [6, 6.07) is 0.104. The molecule has 0 aromatic carbocycles. The second-order valence-electron chi connectivity index (χ2n) is 4.94. The Balaban J connectivity index is 2.35. The van der Waals surface area contributed by atoms with Crippen LogP contribution in [0.25, 0.3) is 0 Å². The molecule has 0 spiro atoms. The Kier molecular flexibility index (Phi) is 6.85. The van der Waals surface area contributed by atoms with E-state index in [9.17, 15) is 5.11 Å². The highest BCUT2D eigenvalue weighted by molar-refractivity contribution is 4.92. The van der Waals surface area contributed by atoms with Gasteiger partial charge in [0.15, 0.2) is 0 Å². The third-order valence-electron chi connectivity index (χ3n) is 2.68. The number of aryl methyl sites for hydroxylation is 1. The van der Waals surface area contributed by atoms with E-state index in [2.05, 4.69) is 29.5 Å². The molecule has 1 unspecified atom stereocenters. The molecule has 6 heteroatoms. The average molecular weight is 256 g/mol. The first-order valence-corrected chi connectivity index (χ1v) is 6.49. The van der Waals surface area contributed by atoms with Crippen LogP contribution in [0, 0.1) is 5.92 Å². The summed E-state index contributed by atoms with van der Waals surface area (Å²) in [5, 5.41) is 29.3. The van der Waals surface area contributed by atoms with Crippen LogP contribution in [0.4, 0.5) is 0 Å². The fourth-order valence-corrected chi connectivity index (χ4v) is 1.80. The van der Waals surface area contributed by atoms with Gasteiger partial charge in [0, 0.05) is 31.9 Å². The summed E-state index contributed by atoms with van der Waals surface area (Å²) in [5.74, 6) is 0.551. The number of hydrogen-bond donors (Lipinski definition) is 3. The van der Waals surface area contributed by atoms with E-state index < -0.39 is 0 Å². The Morgan fingerprint density at radius 2 is 2.17 bits per heavy atom. The highest BCUT2D eigenvalue weighted by Crippen LogP contribution is 2.05. The van der Waals surface area contributed by atoms with Gasteiger partial charge in [-0.15, -0.1) is 5.10 Å². The number of aliphatic hydroxyl groups excluding tert-OH is 2. The highest BCUT2D eigenvalue weighted by atomic mass is 16.3. The van der Waals surface area contributed by atoms with Crippen LogP contribution < -0.4 is 5.32 Å². The molecule has 0 amide bonds. The van der Waals surface area contributed by atoms with E-state index in [4.69, 9.17) is 5.11 Å². The molecule has 1 aromatic rings. The van der Waals surface area contributed by atoms with Gasteiger partial charge in [0.2, 0.25) is 0 Å². The zero-order chi connectivity index (χ0) is 13.4. The standard InChI is InChI=1S/C12H24N4O2/c1-10(2)6-11(9-18)13-7-12-8-16(15-14-12)4-3-5-17/h8,10-11,13,17-18H,3-7,9H2,1-2H3. The first kappa shape index (κ1) is 15.1. The Morgan fingerprint density at radius 1 is 1.39 bits per heavy atom. The number of aromatic nitrogens is 3. The fraction of sp³-hybridized carbons (Fsp3) is 0.833. The fourth-order valence-electron chi connectivity index (χ4n) is 1.80. The van der Waals surface area contributed by atoms with Crippen LogP contribution in [0.2, 0.25) is 0 Å². The van der Waals surface area contributed by atoms with Gasteiger partial charge in [-0.1, -0.05) is 19.1 Å². The van der Waals surface area contributed by atoms with Crippen molar-refractivity contribution in [3.63, 3.8) is 0 Å². The summed E-state index contributed by atoms with van der Waals surface area (Å²) < 4.78 is 1.73. The lowest BCUT2D eigenvalue weighted by atomic mass is 10.0. The number of nitrogens with one attached hydrogen (secondary N) is 1. The van der Waals surface area contributed by atoms with Gasteiger partial charge < -0.3 is 15.5 Å². The third kappa shape index (κ3) is 5.57. The Morgan fingerprint density at radius 3 is 2.78 bits per heavy atom. The van der Waals surface area contributed by atoms with Crippen LogP contribution in [0.1, 0.15) is 32.4 Å². The van der Waals surface area contributed by atoms with Crippen molar-refractivity contribution in [2.24, 2.45) is 5.92 Å². The van der Waals surface area contributed by atoms with Crippen molar-refractivity contribution >= 4 is 0 Å². The van der Waals surface area contributed by atoms with Gasteiger partial charge in [-0.2, -0.15) is 0 Å². The van der Waals surface area contributed by atoms with Gasteiger partial charge in [0.05, 0.1) is 12.3 Å². The molecule has 0 aliphatic rings. The third-order valence-corrected chi connectivity index (χ3v) is 2.68. The predicted molar refractivity (Wildman–Crippen MR) is 68.9 cm³/mol. The summed E-state index contributed by atoms with van der Waals surface area (Å²) in [6.45, 7) is 5.85. The van der Waals surface area contributed by atoms with Crippen LogP contribution in [-0.4, -0.2) is 44.5 Å². The van der Waals surface area contributed by atoms with Crippen LogP contribution in [0.3, 0.4) is 0 Å². The Hall–Kier alpha value is -0.980. The zero-order valence-corrected chi connectivity index (χ0v) is 11.2. The molecule has 0 saturated heterocycles. The van der Waals surface area contributed by atoms with Gasteiger partial charge in [-0.25, -0.2) is 0 Å². The van der Waals surface area contributed by atoms with Gasteiger partial charge in [-0.3, -0.25) is 4.68 Å². The molecule has 1 rings (SSSR count). The topological polar surface area (TPSA) is 83.2 Å². The molecule has 0 aliphatic carbocycles. The minimum atomic E-state index is 0.104. The Bertz CT molecular complexity index is 328. The molecule has 0 fully saturated rings. The number of aliphatic hydroxyl groups is 2. The lowest BCUT2D eigenvalue weighted by Gasteiger charge is -2.17. The normalized spacial score (nSPS) is 13.2. The minimum absolute atomic E-state index is 0.104. The van der Waals surface area contributed by atoms with Crippen LogP contribution >= 0.6 is 0 Å². The van der Waals surface area contributed by atoms with E-state index >= 15 is 0 Å². The van der Waals surface area contributed by atoms with Crippen molar-refractivity contribution in [1.82, 2.24) is 20.3 Å².